The molecule has 3 aromatic carbocycles. The highest BCUT2D eigenvalue weighted by molar-refractivity contribution is 9.10. The first kappa shape index (κ1) is 18.2. The molecule has 0 fully saturated rings. The molecule has 0 unspecified atom stereocenters. The van der Waals surface area contributed by atoms with Crippen molar-refractivity contribution in [1.82, 2.24) is 4.98 Å². The van der Waals surface area contributed by atoms with E-state index >= 15 is 0 Å². The fraction of sp³-hybridized carbons (Fsp3) is 0.0435. The summed E-state index contributed by atoms with van der Waals surface area (Å²) in [4.78, 5) is 17.4. The highest BCUT2D eigenvalue weighted by Gasteiger charge is 2.21. The zero-order chi connectivity index (χ0) is 19.3. The van der Waals surface area contributed by atoms with Gasteiger partial charge in [0, 0.05) is 39.0 Å². The van der Waals surface area contributed by atoms with Crippen molar-refractivity contribution in [2.45, 2.75) is 6.04 Å². The van der Waals surface area contributed by atoms with Crippen LogP contribution in [0.15, 0.2) is 95.7 Å². The van der Waals surface area contributed by atoms with E-state index in [9.17, 15) is 4.79 Å². The molecule has 4 nitrogen and oxygen atoms in total. The number of amides is 1. The molecule has 4 rings (SSSR count). The van der Waals surface area contributed by atoms with Crippen LogP contribution in [-0.2, 0) is 4.79 Å². The Morgan fingerprint density at radius 1 is 0.893 bits per heavy atom. The first-order chi connectivity index (χ1) is 13.7. The zero-order valence-corrected chi connectivity index (χ0v) is 16.6. The molecular formula is C23H18BrN3O. The molecule has 28 heavy (non-hydrogen) atoms. The SMILES string of the molecule is O=C(Nc1cccc2cnccc12)[C@@H](Nc1ccccc1)c1ccc(Br)cc1. The van der Waals surface area contributed by atoms with Crippen LogP contribution in [0.2, 0.25) is 0 Å². The fourth-order valence-corrected chi connectivity index (χ4v) is 3.36. The molecule has 0 saturated carbocycles. The molecule has 1 heterocycles. The van der Waals surface area contributed by atoms with E-state index in [1.807, 2.05) is 78.9 Å². The molecule has 0 radical (unpaired) electrons. The number of hydrogen-bond acceptors (Lipinski definition) is 3. The molecule has 0 spiro atoms. The number of para-hydroxylation sites is 1. The lowest BCUT2D eigenvalue weighted by Gasteiger charge is -2.21. The Morgan fingerprint density at radius 3 is 2.46 bits per heavy atom. The maximum absolute atomic E-state index is 13.2. The van der Waals surface area contributed by atoms with Gasteiger partial charge in [-0.05, 0) is 42.0 Å². The van der Waals surface area contributed by atoms with Gasteiger partial charge in [0.15, 0.2) is 0 Å². The third-order valence-corrected chi connectivity index (χ3v) is 5.02. The van der Waals surface area contributed by atoms with Gasteiger partial charge in [-0.25, -0.2) is 0 Å². The van der Waals surface area contributed by atoms with Gasteiger partial charge < -0.3 is 10.6 Å². The number of rotatable bonds is 5. The monoisotopic (exact) mass is 431 g/mol. The van der Waals surface area contributed by atoms with Crippen LogP contribution in [0.25, 0.3) is 10.8 Å². The van der Waals surface area contributed by atoms with Crippen molar-refractivity contribution in [2.24, 2.45) is 0 Å². The Labute approximate surface area is 171 Å². The van der Waals surface area contributed by atoms with Gasteiger partial charge in [-0.15, -0.1) is 0 Å². The van der Waals surface area contributed by atoms with E-state index in [0.29, 0.717) is 0 Å². The molecule has 138 valence electrons. The van der Waals surface area contributed by atoms with Gasteiger partial charge in [-0.2, -0.15) is 0 Å². The highest BCUT2D eigenvalue weighted by Crippen LogP contribution is 2.26. The molecule has 1 atom stereocenters. The molecule has 1 aromatic heterocycles. The summed E-state index contributed by atoms with van der Waals surface area (Å²) in [5, 5.41) is 8.36. The molecule has 0 saturated heterocycles. The van der Waals surface area contributed by atoms with Crippen molar-refractivity contribution in [3.05, 3.63) is 101 Å². The van der Waals surface area contributed by atoms with Gasteiger partial charge in [-0.3, -0.25) is 9.78 Å². The molecule has 0 bridgehead atoms. The Kier molecular flexibility index (Phi) is 5.35. The van der Waals surface area contributed by atoms with Gasteiger partial charge in [0.2, 0.25) is 0 Å². The second-order valence-electron chi connectivity index (χ2n) is 6.39. The Hall–Kier alpha value is -3.18. The first-order valence-electron chi connectivity index (χ1n) is 8.91. The van der Waals surface area contributed by atoms with Gasteiger partial charge in [-0.1, -0.05) is 58.4 Å². The van der Waals surface area contributed by atoms with Crippen molar-refractivity contribution in [3.63, 3.8) is 0 Å². The molecule has 1 amide bonds. The predicted molar refractivity (Wildman–Crippen MR) is 117 cm³/mol. The van der Waals surface area contributed by atoms with Crippen LogP contribution in [0.1, 0.15) is 11.6 Å². The van der Waals surface area contributed by atoms with E-state index < -0.39 is 6.04 Å². The smallest absolute Gasteiger partial charge is 0.251 e. The summed E-state index contributed by atoms with van der Waals surface area (Å²) < 4.78 is 0.969. The number of hydrogen-bond donors (Lipinski definition) is 2. The van der Waals surface area contributed by atoms with E-state index in [4.69, 9.17) is 0 Å². The third-order valence-electron chi connectivity index (χ3n) is 4.49. The standard InChI is InChI=1S/C23H18BrN3O/c24-18-11-9-16(10-12-18)22(26-19-6-2-1-3-7-19)23(28)27-21-8-4-5-17-15-25-14-13-20(17)21/h1-15,22,26H,(H,27,28)/t22-/m0/s1. The number of benzene rings is 3. The highest BCUT2D eigenvalue weighted by atomic mass is 79.9. The molecule has 2 N–H and O–H groups in total. The summed E-state index contributed by atoms with van der Waals surface area (Å²) >= 11 is 3.45. The number of nitrogens with one attached hydrogen (secondary N) is 2. The van der Waals surface area contributed by atoms with Crippen LogP contribution in [0.4, 0.5) is 11.4 Å². The molecule has 4 aromatic rings. The predicted octanol–water partition coefficient (Wildman–Crippen LogP) is 5.79. The van der Waals surface area contributed by atoms with Gasteiger partial charge in [0.05, 0.1) is 0 Å². The normalized spacial score (nSPS) is 11.8. The minimum absolute atomic E-state index is 0.129. The average Bonchev–Trinajstić information content (AvgIpc) is 2.74. The Morgan fingerprint density at radius 2 is 1.68 bits per heavy atom. The van der Waals surface area contributed by atoms with Crippen molar-refractivity contribution in [3.8, 4) is 0 Å². The lowest BCUT2D eigenvalue weighted by molar-refractivity contribution is -0.117. The van der Waals surface area contributed by atoms with Crippen molar-refractivity contribution < 1.29 is 4.79 Å². The summed E-state index contributed by atoms with van der Waals surface area (Å²) in [5.41, 5.74) is 2.53. The second kappa shape index (κ2) is 8.23. The number of carbonyl (C=O) groups is 1. The van der Waals surface area contributed by atoms with E-state index in [1.165, 1.54) is 0 Å². The second-order valence-corrected chi connectivity index (χ2v) is 7.30. The summed E-state index contributed by atoms with van der Waals surface area (Å²) in [6.07, 6.45) is 3.52. The topological polar surface area (TPSA) is 54.0 Å². The van der Waals surface area contributed by atoms with Gasteiger partial charge in [0.1, 0.15) is 6.04 Å². The average molecular weight is 432 g/mol. The maximum Gasteiger partial charge on any atom is 0.251 e. The number of halogens is 1. The number of pyridine rings is 1. The van der Waals surface area contributed by atoms with E-state index in [1.54, 1.807) is 12.4 Å². The first-order valence-corrected chi connectivity index (χ1v) is 9.71. The van der Waals surface area contributed by atoms with E-state index in [2.05, 4.69) is 31.5 Å². The minimum Gasteiger partial charge on any atom is -0.370 e. The lowest BCUT2D eigenvalue weighted by atomic mass is 10.0. The molecule has 0 aliphatic carbocycles. The van der Waals surface area contributed by atoms with Gasteiger partial charge in [0.25, 0.3) is 5.91 Å². The number of carbonyl (C=O) groups excluding carboxylic acids is 1. The summed E-state index contributed by atoms with van der Waals surface area (Å²) in [6, 6.07) is 24.7. The van der Waals surface area contributed by atoms with E-state index in [0.717, 1.165) is 32.2 Å². The molecule has 0 aliphatic rings. The van der Waals surface area contributed by atoms with Gasteiger partial charge >= 0.3 is 0 Å². The number of anilines is 2. The van der Waals surface area contributed by atoms with Crippen LogP contribution >= 0.6 is 15.9 Å². The van der Waals surface area contributed by atoms with Crippen LogP contribution in [0.3, 0.4) is 0 Å². The summed E-state index contributed by atoms with van der Waals surface area (Å²) in [5.74, 6) is -0.129. The largest absolute Gasteiger partial charge is 0.370 e. The van der Waals surface area contributed by atoms with E-state index in [-0.39, 0.29) is 5.91 Å². The zero-order valence-electron chi connectivity index (χ0n) is 15.0. The van der Waals surface area contributed by atoms with Crippen LogP contribution in [0.5, 0.6) is 0 Å². The fourth-order valence-electron chi connectivity index (χ4n) is 3.09. The van der Waals surface area contributed by atoms with Crippen LogP contribution in [0, 0.1) is 0 Å². The Balaban J connectivity index is 1.67. The summed E-state index contributed by atoms with van der Waals surface area (Å²) in [6.45, 7) is 0. The van der Waals surface area contributed by atoms with Crippen molar-refractivity contribution in [2.75, 3.05) is 10.6 Å². The van der Waals surface area contributed by atoms with Crippen molar-refractivity contribution >= 4 is 44.0 Å². The maximum atomic E-state index is 13.2. The molecular weight excluding hydrogens is 414 g/mol. The van der Waals surface area contributed by atoms with Crippen LogP contribution in [-0.4, -0.2) is 10.9 Å². The van der Waals surface area contributed by atoms with Crippen LogP contribution < -0.4 is 10.6 Å². The number of nitrogens with zero attached hydrogens (tertiary/aromatic N) is 1. The van der Waals surface area contributed by atoms with Crippen molar-refractivity contribution in [1.29, 1.82) is 0 Å². The third kappa shape index (κ3) is 4.05. The lowest BCUT2D eigenvalue weighted by Crippen LogP contribution is -2.27. The quantitative estimate of drug-likeness (QED) is 0.420. The molecule has 0 aliphatic heterocycles. The molecule has 5 heteroatoms. The minimum atomic E-state index is -0.535. The Bertz CT molecular complexity index is 1090. The number of fused-ring (bicyclic) bond motifs is 1. The summed E-state index contributed by atoms with van der Waals surface area (Å²) in [7, 11) is 0. The number of aromatic nitrogens is 1.